The molecule has 1 aliphatic rings. The molecule has 82 valence electrons. The zero-order chi connectivity index (χ0) is 10.8. The lowest BCUT2D eigenvalue weighted by Gasteiger charge is -2.33. The molecular formula is C11H14NO2S-. The molecule has 0 N–H and O–H groups in total. The van der Waals surface area contributed by atoms with Crippen LogP contribution < -0.4 is 4.90 Å². The Hall–Kier alpha value is -0.870. The fourth-order valence-corrected chi connectivity index (χ4v) is 2.03. The molecule has 0 spiro atoms. The van der Waals surface area contributed by atoms with Crippen LogP contribution in [-0.4, -0.2) is 21.9 Å². The lowest BCUT2D eigenvalue weighted by Crippen LogP contribution is -2.36. The first-order valence-corrected chi connectivity index (χ1v) is 6.25. The van der Waals surface area contributed by atoms with Gasteiger partial charge in [0.15, 0.2) is 0 Å². The Morgan fingerprint density at radius 3 is 2.73 bits per heavy atom. The number of hydrogen-bond acceptors (Lipinski definition) is 3. The first-order chi connectivity index (χ1) is 7.18. The first kappa shape index (κ1) is 10.6. The van der Waals surface area contributed by atoms with E-state index in [-0.39, 0.29) is 0 Å². The second-order valence-electron chi connectivity index (χ2n) is 3.84. The number of hydrogen-bond donors (Lipinski definition) is 0. The standard InChI is InChI=1S/C11H15NO2S/c1-9(15(13)14)10-4-2-5-11(8-10)12-6-3-7-12/h2,4-5,8-9H,3,6-7H2,1H3,(H,13,14)/p-1. The van der Waals surface area contributed by atoms with E-state index in [1.54, 1.807) is 6.92 Å². The predicted octanol–water partition coefficient (Wildman–Crippen LogP) is 1.84. The quantitative estimate of drug-likeness (QED) is 0.736. The Morgan fingerprint density at radius 2 is 2.20 bits per heavy atom. The highest BCUT2D eigenvalue weighted by Gasteiger charge is 2.15. The van der Waals surface area contributed by atoms with Crippen LogP contribution in [0.15, 0.2) is 24.3 Å². The Labute approximate surface area is 92.4 Å². The molecule has 0 saturated carbocycles. The van der Waals surface area contributed by atoms with E-state index < -0.39 is 16.3 Å². The number of rotatable bonds is 3. The summed E-state index contributed by atoms with van der Waals surface area (Å²) in [6, 6.07) is 7.79. The second kappa shape index (κ2) is 4.33. The van der Waals surface area contributed by atoms with Gasteiger partial charge in [-0.25, -0.2) is 0 Å². The smallest absolute Gasteiger partial charge is 0.0437 e. The molecule has 2 rings (SSSR count). The van der Waals surface area contributed by atoms with Crippen molar-refractivity contribution < 1.29 is 8.76 Å². The molecule has 15 heavy (non-hydrogen) atoms. The summed E-state index contributed by atoms with van der Waals surface area (Å²) in [6.45, 7) is 3.87. The molecule has 1 aromatic carbocycles. The molecule has 0 aliphatic carbocycles. The highest BCUT2D eigenvalue weighted by atomic mass is 32.2. The molecule has 1 fully saturated rings. The second-order valence-corrected chi connectivity index (χ2v) is 5.07. The van der Waals surface area contributed by atoms with Gasteiger partial charge < -0.3 is 9.45 Å². The van der Waals surface area contributed by atoms with Crippen LogP contribution in [0.4, 0.5) is 5.69 Å². The van der Waals surface area contributed by atoms with Crippen LogP contribution in [0, 0.1) is 0 Å². The first-order valence-electron chi connectivity index (χ1n) is 5.11. The van der Waals surface area contributed by atoms with Gasteiger partial charge >= 0.3 is 0 Å². The Balaban J connectivity index is 2.21. The summed E-state index contributed by atoms with van der Waals surface area (Å²) in [6.07, 6.45) is 1.23. The summed E-state index contributed by atoms with van der Waals surface area (Å²) in [5.74, 6) is 0. The number of benzene rings is 1. The van der Waals surface area contributed by atoms with Gasteiger partial charge in [0.25, 0.3) is 0 Å². The molecule has 2 atom stereocenters. The molecule has 2 unspecified atom stereocenters. The predicted molar refractivity (Wildman–Crippen MR) is 60.6 cm³/mol. The van der Waals surface area contributed by atoms with Crippen molar-refractivity contribution in [2.75, 3.05) is 18.0 Å². The lowest BCUT2D eigenvalue weighted by molar-refractivity contribution is 0.527. The van der Waals surface area contributed by atoms with Gasteiger partial charge in [-0.1, -0.05) is 12.1 Å². The van der Waals surface area contributed by atoms with E-state index in [0.29, 0.717) is 0 Å². The van der Waals surface area contributed by atoms with Gasteiger partial charge in [-0.2, -0.15) is 0 Å². The van der Waals surface area contributed by atoms with Crippen LogP contribution in [0.1, 0.15) is 24.2 Å². The van der Waals surface area contributed by atoms with Crippen molar-refractivity contribution in [1.29, 1.82) is 0 Å². The molecule has 1 aromatic rings. The largest absolute Gasteiger partial charge is 0.772 e. The third-order valence-corrected chi connectivity index (χ3v) is 3.70. The van der Waals surface area contributed by atoms with Gasteiger partial charge in [-0.05, 0) is 42.1 Å². The van der Waals surface area contributed by atoms with E-state index in [4.69, 9.17) is 0 Å². The summed E-state index contributed by atoms with van der Waals surface area (Å²) >= 11 is -2.04. The van der Waals surface area contributed by atoms with E-state index >= 15 is 0 Å². The summed E-state index contributed by atoms with van der Waals surface area (Å²) in [7, 11) is 0. The maximum absolute atomic E-state index is 10.9. The number of anilines is 1. The van der Waals surface area contributed by atoms with Crippen molar-refractivity contribution in [3.63, 3.8) is 0 Å². The maximum Gasteiger partial charge on any atom is 0.0437 e. The minimum atomic E-state index is -2.04. The van der Waals surface area contributed by atoms with E-state index in [9.17, 15) is 8.76 Å². The third-order valence-electron chi connectivity index (χ3n) is 2.85. The minimum Gasteiger partial charge on any atom is -0.772 e. The molecular weight excluding hydrogens is 210 g/mol. The Morgan fingerprint density at radius 1 is 1.47 bits per heavy atom. The van der Waals surface area contributed by atoms with Crippen LogP contribution >= 0.6 is 0 Å². The van der Waals surface area contributed by atoms with Crippen LogP contribution in [-0.2, 0) is 11.1 Å². The van der Waals surface area contributed by atoms with Crippen molar-refractivity contribution >= 4 is 16.8 Å². The molecule has 0 amide bonds. The van der Waals surface area contributed by atoms with Crippen molar-refractivity contribution in [2.45, 2.75) is 18.6 Å². The van der Waals surface area contributed by atoms with Crippen LogP contribution in [0.5, 0.6) is 0 Å². The summed E-state index contributed by atoms with van der Waals surface area (Å²) in [5, 5.41) is -0.425. The molecule has 1 saturated heterocycles. The Kier molecular flexibility index (Phi) is 3.07. The van der Waals surface area contributed by atoms with E-state index in [1.807, 2.05) is 24.3 Å². The van der Waals surface area contributed by atoms with Crippen molar-refractivity contribution in [3.05, 3.63) is 29.8 Å². The van der Waals surface area contributed by atoms with Crippen molar-refractivity contribution in [2.24, 2.45) is 0 Å². The average Bonchev–Trinajstić information content (AvgIpc) is 2.14. The van der Waals surface area contributed by atoms with Crippen LogP contribution in [0.3, 0.4) is 0 Å². The molecule has 3 nitrogen and oxygen atoms in total. The van der Waals surface area contributed by atoms with Crippen molar-refractivity contribution in [1.82, 2.24) is 0 Å². The molecule has 0 radical (unpaired) electrons. The van der Waals surface area contributed by atoms with E-state index in [1.165, 1.54) is 6.42 Å². The fraction of sp³-hybridized carbons (Fsp3) is 0.455. The number of nitrogens with zero attached hydrogens (tertiary/aromatic N) is 1. The maximum atomic E-state index is 10.9. The van der Waals surface area contributed by atoms with Gasteiger partial charge in [0.2, 0.25) is 0 Å². The van der Waals surface area contributed by atoms with Gasteiger partial charge in [-0.15, -0.1) is 0 Å². The van der Waals surface area contributed by atoms with Crippen molar-refractivity contribution in [3.8, 4) is 0 Å². The minimum absolute atomic E-state index is 0.425. The van der Waals surface area contributed by atoms with Gasteiger partial charge in [0, 0.05) is 24.0 Å². The lowest BCUT2D eigenvalue weighted by atomic mass is 10.1. The molecule has 0 bridgehead atoms. The molecule has 1 heterocycles. The summed E-state index contributed by atoms with van der Waals surface area (Å²) < 4.78 is 21.7. The summed E-state index contributed by atoms with van der Waals surface area (Å²) in [5.41, 5.74) is 2.00. The topological polar surface area (TPSA) is 43.4 Å². The molecule has 1 aliphatic heterocycles. The molecule has 0 aromatic heterocycles. The normalized spacial score (nSPS) is 19.5. The highest BCUT2D eigenvalue weighted by molar-refractivity contribution is 7.79. The third kappa shape index (κ3) is 2.21. The Bertz CT molecular complexity index is 377. The van der Waals surface area contributed by atoms with E-state index in [0.717, 1.165) is 24.3 Å². The van der Waals surface area contributed by atoms with Gasteiger partial charge in [0.1, 0.15) is 0 Å². The monoisotopic (exact) mass is 224 g/mol. The van der Waals surface area contributed by atoms with Gasteiger partial charge in [-0.3, -0.25) is 4.21 Å². The fourth-order valence-electron chi connectivity index (χ4n) is 1.66. The SMILES string of the molecule is CC(c1cccc(N2CCC2)c1)S(=O)[O-]. The van der Waals surface area contributed by atoms with Gasteiger partial charge in [0.05, 0.1) is 0 Å². The zero-order valence-electron chi connectivity index (χ0n) is 8.68. The summed E-state index contributed by atoms with van der Waals surface area (Å²) in [4.78, 5) is 2.25. The van der Waals surface area contributed by atoms with Crippen LogP contribution in [0.2, 0.25) is 0 Å². The average molecular weight is 224 g/mol. The van der Waals surface area contributed by atoms with E-state index in [2.05, 4.69) is 4.90 Å². The molecule has 4 heteroatoms. The highest BCUT2D eigenvalue weighted by Crippen LogP contribution is 2.26. The van der Waals surface area contributed by atoms with Crippen LogP contribution in [0.25, 0.3) is 0 Å². The zero-order valence-corrected chi connectivity index (χ0v) is 9.50.